The van der Waals surface area contributed by atoms with Gasteiger partial charge >= 0.3 is 11.7 Å². The Morgan fingerprint density at radius 1 is 1.19 bits per heavy atom. The van der Waals surface area contributed by atoms with Gasteiger partial charge in [-0.05, 0) is 19.1 Å². The van der Waals surface area contributed by atoms with E-state index in [1.807, 2.05) is 36.1 Å². The summed E-state index contributed by atoms with van der Waals surface area (Å²) < 4.78 is 3.70. The first-order valence-corrected chi connectivity index (χ1v) is 8.14. The fourth-order valence-electron chi connectivity index (χ4n) is 3.32. The van der Waals surface area contributed by atoms with E-state index in [0.29, 0.717) is 19.0 Å². The molecule has 0 atom stereocenters. The van der Waals surface area contributed by atoms with Crippen LogP contribution in [0.4, 0.5) is 11.6 Å². The minimum Gasteiger partial charge on any atom is -0.480 e. The van der Waals surface area contributed by atoms with Crippen LogP contribution in [0.3, 0.4) is 0 Å². The van der Waals surface area contributed by atoms with Crippen LogP contribution in [0.1, 0.15) is 5.56 Å². The second-order valence-electron chi connectivity index (χ2n) is 6.35. The number of rotatable bonds is 3. The van der Waals surface area contributed by atoms with Gasteiger partial charge in [0.2, 0.25) is 5.95 Å². The van der Waals surface area contributed by atoms with E-state index in [2.05, 4.69) is 4.98 Å². The minimum absolute atomic E-state index is 0.248. The first kappa shape index (κ1) is 16.1. The molecule has 0 saturated heterocycles. The SMILES string of the molecule is Cc1ccc(N2CCn3c2nc2c3c(=O)n(CC(=O)O)c(=O)n2C)cc1. The van der Waals surface area contributed by atoms with E-state index in [9.17, 15) is 14.4 Å². The molecule has 0 unspecified atom stereocenters. The van der Waals surface area contributed by atoms with Gasteiger partial charge < -0.3 is 14.6 Å². The summed E-state index contributed by atoms with van der Waals surface area (Å²) in [5.41, 5.74) is 1.27. The molecule has 9 heteroatoms. The fourth-order valence-corrected chi connectivity index (χ4v) is 3.32. The number of carbonyl (C=O) groups is 1. The van der Waals surface area contributed by atoms with Crippen molar-refractivity contribution in [1.82, 2.24) is 18.7 Å². The Morgan fingerprint density at radius 3 is 2.54 bits per heavy atom. The van der Waals surface area contributed by atoms with Crippen LogP contribution in [0, 0.1) is 6.92 Å². The van der Waals surface area contributed by atoms with Crippen LogP contribution in [0.2, 0.25) is 0 Å². The molecule has 134 valence electrons. The number of carboxylic acids is 1. The number of carboxylic acid groups (broad SMARTS) is 1. The Morgan fingerprint density at radius 2 is 1.88 bits per heavy atom. The Kier molecular flexibility index (Phi) is 3.46. The lowest BCUT2D eigenvalue weighted by atomic mass is 10.2. The average Bonchev–Trinajstić information content (AvgIpc) is 3.16. The van der Waals surface area contributed by atoms with Crippen molar-refractivity contribution in [3.05, 3.63) is 50.7 Å². The predicted octanol–water partition coefficient (Wildman–Crippen LogP) is 0.441. The number of anilines is 2. The summed E-state index contributed by atoms with van der Waals surface area (Å²) in [5, 5.41) is 9.00. The maximum absolute atomic E-state index is 12.8. The second kappa shape index (κ2) is 5.58. The summed E-state index contributed by atoms with van der Waals surface area (Å²) >= 11 is 0. The topological polar surface area (TPSA) is 102 Å². The summed E-state index contributed by atoms with van der Waals surface area (Å²) in [4.78, 5) is 42.6. The number of imidazole rings is 1. The first-order chi connectivity index (χ1) is 12.4. The summed E-state index contributed by atoms with van der Waals surface area (Å²) in [5.74, 6) is -0.671. The number of fused-ring (bicyclic) bond motifs is 3. The van der Waals surface area contributed by atoms with Crippen LogP contribution < -0.4 is 16.1 Å². The average molecular weight is 355 g/mol. The number of aryl methyl sites for hydroxylation is 2. The van der Waals surface area contributed by atoms with Gasteiger partial charge in [0.15, 0.2) is 11.2 Å². The predicted molar refractivity (Wildman–Crippen MR) is 95.1 cm³/mol. The van der Waals surface area contributed by atoms with Gasteiger partial charge in [-0.1, -0.05) is 17.7 Å². The molecule has 2 aromatic heterocycles. The van der Waals surface area contributed by atoms with Gasteiger partial charge in [-0.15, -0.1) is 0 Å². The monoisotopic (exact) mass is 355 g/mol. The molecule has 9 nitrogen and oxygen atoms in total. The molecule has 1 N–H and O–H groups in total. The van der Waals surface area contributed by atoms with Crippen LogP contribution >= 0.6 is 0 Å². The van der Waals surface area contributed by atoms with Gasteiger partial charge in [0, 0.05) is 25.8 Å². The molecule has 0 saturated carbocycles. The molecule has 4 rings (SSSR count). The first-order valence-electron chi connectivity index (χ1n) is 8.14. The van der Waals surface area contributed by atoms with Gasteiger partial charge in [-0.2, -0.15) is 4.98 Å². The van der Waals surface area contributed by atoms with Crippen molar-refractivity contribution in [2.75, 3.05) is 11.4 Å². The molecule has 3 aromatic rings. The Bertz CT molecular complexity index is 1150. The minimum atomic E-state index is -1.24. The summed E-state index contributed by atoms with van der Waals surface area (Å²) in [6, 6.07) is 7.95. The van der Waals surface area contributed by atoms with E-state index >= 15 is 0 Å². The van der Waals surface area contributed by atoms with Crippen molar-refractivity contribution in [2.45, 2.75) is 20.0 Å². The molecule has 0 radical (unpaired) electrons. The van der Waals surface area contributed by atoms with E-state index in [0.717, 1.165) is 15.8 Å². The van der Waals surface area contributed by atoms with Crippen LogP contribution in [-0.4, -0.2) is 36.3 Å². The lowest BCUT2D eigenvalue weighted by Crippen LogP contribution is -2.41. The standard InChI is InChI=1S/C17H17N5O4/c1-10-3-5-11(6-4-10)20-7-8-21-13-14(18-16(20)21)19(2)17(26)22(15(13)25)9-12(23)24/h3-6H,7-9H2,1-2H3,(H,23,24). The zero-order valence-corrected chi connectivity index (χ0v) is 14.3. The smallest absolute Gasteiger partial charge is 0.333 e. The highest BCUT2D eigenvalue weighted by molar-refractivity contribution is 5.78. The Balaban J connectivity index is 1.95. The summed E-state index contributed by atoms with van der Waals surface area (Å²) in [6.07, 6.45) is 0. The molecule has 0 amide bonds. The number of hydrogen-bond donors (Lipinski definition) is 1. The second-order valence-corrected chi connectivity index (χ2v) is 6.35. The number of benzene rings is 1. The summed E-state index contributed by atoms with van der Waals surface area (Å²) in [7, 11) is 1.49. The van der Waals surface area contributed by atoms with Crippen molar-refractivity contribution < 1.29 is 9.90 Å². The maximum Gasteiger partial charge on any atom is 0.333 e. The van der Waals surface area contributed by atoms with Crippen LogP contribution in [0.5, 0.6) is 0 Å². The van der Waals surface area contributed by atoms with Gasteiger partial charge in [-0.3, -0.25) is 14.2 Å². The van der Waals surface area contributed by atoms with Crippen LogP contribution in [-0.2, 0) is 24.9 Å². The van der Waals surface area contributed by atoms with E-state index in [1.54, 1.807) is 4.57 Å². The van der Waals surface area contributed by atoms with E-state index in [4.69, 9.17) is 5.11 Å². The molecule has 0 fully saturated rings. The third-order valence-electron chi connectivity index (χ3n) is 4.64. The highest BCUT2D eigenvalue weighted by Gasteiger charge is 2.28. The molecular weight excluding hydrogens is 338 g/mol. The van der Waals surface area contributed by atoms with E-state index in [-0.39, 0.29) is 11.2 Å². The van der Waals surface area contributed by atoms with E-state index < -0.39 is 23.8 Å². The molecule has 3 heterocycles. The van der Waals surface area contributed by atoms with Gasteiger partial charge in [-0.25, -0.2) is 9.36 Å². The highest BCUT2D eigenvalue weighted by atomic mass is 16.4. The van der Waals surface area contributed by atoms with Crippen molar-refractivity contribution >= 4 is 28.8 Å². The van der Waals surface area contributed by atoms with Crippen molar-refractivity contribution in [2.24, 2.45) is 7.05 Å². The molecule has 0 bridgehead atoms. The van der Waals surface area contributed by atoms with Gasteiger partial charge in [0.1, 0.15) is 6.54 Å². The molecule has 1 aromatic carbocycles. The zero-order valence-electron chi connectivity index (χ0n) is 14.3. The molecule has 1 aliphatic heterocycles. The third kappa shape index (κ3) is 2.24. The van der Waals surface area contributed by atoms with Crippen molar-refractivity contribution in [3.63, 3.8) is 0 Å². The summed E-state index contributed by atoms with van der Waals surface area (Å²) in [6.45, 7) is 2.50. The molecule has 26 heavy (non-hydrogen) atoms. The molecule has 1 aliphatic rings. The van der Waals surface area contributed by atoms with Crippen LogP contribution in [0.15, 0.2) is 33.9 Å². The maximum atomic E-state index is 12.8. The Hall–Kier alpha value is -3.36. The lowest BCUT2D eigenvalue weighted by Gasteiger charge is -2.16. The largest absolute Gasteiger partial charge is 0.480 e. The number of aromatic nitrogens is 4. The number of hydrogen-bond acceptors (Lipinski definition) is 5. The molecular formula is C17H17N5O4. The number of nitrogens with zero attached hydrogens (tertiary/aromatic N) is 5. The van der Waals surface area contributed by atoms with E-state index in [1.165, 1.54) is 11.6 Å². The lowest BCUT2D eigenvalue weighted by molar-refractivity contribution is -0.137. The number of aliphatic carboxylic acids is 1. The fraction of sp³-hybridized carbons (Fsp3) is 0.294. The van der Waals surface area contributed by atoms with Crippen molar-refractivity contribution in [1.29, 1.82) is 0 Å². The Labute approximate surface area is 147 Å². The molecule has 0 aliphatic carbocycles. The normalized spacial score (nSPS) is 13.4. The quantitative estimate of drug-likeness (QED) is 0.731. The third-order valence-corrected chi connectivity index (χ3v) is 4.64. The molecule has 0 spiro atoms. The van der Waals surface area contributed by atoms with Gasteiger partial charge in [0.25, 0.3) is 5.56 Å². The van der Waals surface area contributed by atoms with Gasteiger partial charge in [0.05, 0.1) is 0 Å². The van der Waals surface area contributed by atoms with Crippen molar-refractivity contribution in [3.8, 4) is 0 Å². The van der Waals surface area contributed by atoms with Crippen LogP contribution in [0.25, 0.3) is 11.2 Å². The zero-order chi connectivity index (χ0) is 18.6. The highest BCUT2D eigenvalue weighted by Crippen LogP contribution is 2.31.